The van der Waals surface area contributed by atoms with Gasteiger partial charge in [0.15, 0.2) is 0 Å². The summed E-state index contributed by atoms with van der Waals surface area (Å²) in [5.74, 6) is 0. The van der Waals surface area contributed by atoms with Crippen LogP contribution >= 0.6 is 0 Å². The molecule has 0 aromatic rings. The van der Waals surface area contributed by atoms with Crippen molar-refractivity contribution in [3.8, 4) is 0 Å². The lowest BCUT2D eigenvalue weighted by Gasteiger charge is -2.24. The molecule has 0 heteroatoms. The molecule has 2 aliphatic rings. The lowest BCUT2D eigenvalue weighted by Crippen LogP contribution is -2.04. The van der Waals surface area contributed by atoms with Crippen molar-refractivity contribution in [1.29, 1.82) is 0 Å². The van der Waals surface area contributed by atoms with E-state index >= 15 is 0 Å². The van der Waals surface area contributed by atoms with Crippen LogP contribution in [0.3, 0.4) is 0 Å². The summed E-state index contributed by atoms with van der Waals surface area (Å²) in [6.07, 6.45) is 12.2. The molecule has 2 rings (SSSR count). The zero-order valence-corrected chi connectivity index (χ0v) is 6.53. The van der Waals surface area contributed by atoms with Gasteiger partial charge in [-0.15, -0.1) is 0 Å². The van der Waals surface area contributed by atoms with E-state index in [1.807, 2.05) is 5.57 Å². The molecule has 2 aliphatic carbocycles. The Labute approximate surface area is 63.3 Å². The number of hydrogen-bond acceptors (Lipinski definition) is 0. The van der Waals surface area contributed by atoms with Gasteiger partial charge in [0.1, 0.15) is 0 Å². The zero-order chi connectivity index (χ0) is 6.81. The fraction of sp³-hybridized carbons (Fsp3) is 0.700. The van der Waals surface area contributed by atoms with E-state index in [2.05, 4.69) is 6.42 Å². The molecule has 0 atom stereocenters. The van der Waals surface area contributed by atoms with Crippen molar-refractivity contribution in [3.05, 3.63) is 17.6 Å². The summed E-state index contributed by atoms with van der Waals surface area (Å²) in [5.41, 5.74) is 3.60. The molecule has 0 nitrogen and oxygen atoms in total. The van der Waals surface area contributed by atoms with Crippen molar-refractivity contribution < 1.29 is 0 Å². The average molecular weight is 135 g/mol. The molecule has 55 valence electrons. The van der Waals surface area contributed by atoms with Gasteiger partial charge in [0.2, 0.25) is 0 Å². The molecular weight excluding hydrogens is 120 g/mol. The van der Waals surface area contributed by atoms with Gasteiger partial charge in [-0.25, -0.2) is 0 Å². The lowest BCUT2D eigenvalue weighted by atomic mass is 9.82. The Hall–Kier alpha value is -0.260. The van der Waals surface area contributed by atoms with Gasteiger partial charge in [-0.3, -0.25) is 0 Å². The van der Waals surface area contributed by atoms with Crippen LogP contribution in [0.25, 0.3) is 0 Å². The van der Waals surface area contributed by atoms with Crippen molar-refractivity contribution in [2.75, 3.05) is 0 Å². The van der Waals surface area contributed by atoms with Crippen molar-refractivity contribution in [2.45, 2.75) is 44.9 Å². The fourth-order valence-electron chi connectivity index (χ4n) is 2.13. The molecule has 10 heavy (non-hydrogen) atoms. The molecule has 0 heterocycles. The van der Waals surface area contributed by atoms with Crippen LogP contribution in [0.5, 0.6) is 0 Å². The normalized spacial score (nSPS) is 26.4. The Kier molecular flexibility index (Phi) is 1.79. The minimum absolute atomic E-state index is 1.31. The molecule has 0 spiro atoms. The molecule has 0 aromatic carbocycles. The molecule has 0 bridgehead atoms. The summed E-state index contributed by atoms with van der Waals surface area (Å²) in [6.45, 7) is 0. The highest BCUT2D eigenvalue weighted by molar-refractivity contribution is 5.21. The van der Waals surface area contributed by atoms with Gasteiger partial charge in [-0.05, 0) is 51.4 Å². The van der Waals surface area contributed by atoms with E-state index in [0.717, 1.165) is 0 Å². The third-order valence-corrected chi connectivity index (χ3v) is 2.75. The summed E-state index contributed by atoms with van der Waals surface area (Å²) in [5, 5.41) is 0. The van der Waals surface area contributed by atoms with Crippen LogP contribution in [0.15, 0.2) is 11.1 Å². The van der Waals surface area contributed by atoms with Gasteiger partial charge in [0.25, 0.3) is 0 Å². The van der Waals surface area contributed by atoms with E-state index in [-0.39, 0.29) is 0 Å². The van der Waals surface area contributed by atoms with Crippen molar-refractivity contribution in [2.24, 2.45) is 0 Å². The maximum atomic E-state index is 2.45. The standard InChI is InChI=1S/C10H15/c1-2-6-10-8-4-3-7-9(10)5-1/h1H,2-8H2. The summed E-state index contributed by atoms with van der Waals surface area (Å²) in [4.78, 5) is 0. The summed E-state index contributed by atoms with van der Waals surface area (Å²) < 4.78 is 0. The van der Waals surface area contributed by atoms with Gasteiger partial charge >= 0.3 is 0 Å². The SMILES string of the molecule is [CH]1CCC2=C(C1)CCCC2. The number of allylic oxidation sites excluding steroid dienone is 2. The highest BCUT2D eigenvalue weighted by atomic mass is 14.2. The number of rotatable bonds is 0. The second-order valence-electron chi connectivity index (χ2n) is 3.45. The van der Waals surface area contributed by atoms with Gasteiger partial charge in [-0.2, -0.15) is 0 Å². The van der Waals surface area contributed by atoms with E-state index in [1.54, 1.807) is 5.57 Å². The second kappa shape index (κ2) is 2.77. The van der Waals surface area contributed by atoms with Crippen LogP contribution < -0.4 is 0 Å². The Balaban J connectivity index is 2.14. The van der Waals surface area contributed by atoms with E-state index in [1.165, 1.54) is 44.9 Å². The highest BCUT2D eigenvalue weighted by Gasteiger charge is 2.15. The fourth-order valence-corrected chi connectivity index (χ4v) is 2.13. The van der Waals surface area contributed by atoms with Crippen molar-refractivity contribution >= 4 is 0 Å². The molecule has 0 aliphatic heterocycles. The molecule has 0 saturated heterocycles. The first-order valence-corrected chi connectivity index (χ1v) is 4.48. The molecule has 0 saturated carbocycles. The smallest absolute Gasteiger partial charge is 0.0286 e. The molecule has 0 amide bonds. The third-order valence-electron chi connectivity index (χ3n) is 2.75. The van der Waals surface area contributed by atoms with Crippen LogP contribution in [0, 0.1) is 6.42 Å². The van der Waals surface area contributed by atoms with Crippen LogP contribution in [0.2, 0.25) is 0 Å². The minimum atomic E-state index is 1.31. The summed E-state index contributed by atoms with van der Waals surface area (Å²) in [7, 11) is 0. The van der Waals surface area contributed by atoms with Crippen LogP contribution in [0.4, 0.5) is 0 Å². The summed E-state index contributed by atoms with van der Waals surface area (Å²) in [6, 6.07) is 0. The Morgan fingerprint density at radius 1 is 0.900 bits per heavy atom. The highest BCUT2D eigenvalue weighted by Crippen LogP contribution is 2.34. The predicted octanol–water partition coefficient (Wildman–Crippen LogP) is 3.25. The third kappa shape index (κ3) is 1.12. The summed E-state index contributed by atoms with van der Waals surface area (Å²) >= 11 is 0. The van der Waals surface area contributed by atoms with Gasteiger partial charge < -0.3 is 0 Å². The monoisotopic (exact) mass is 135 g/mol. The number of hydrogen-bond donors (Lipinski definition) is 0. The van der Waals surface area contributed by atoms with Crippen molar-refractivity contribution in [3.63, 3.8) is 0 Å². The van der Waals surface area contributed by atoms with Crippen LogP contribution in [-0.2, 0) is 0 Å². The first-order chi connectivity index (χ1) is 4.97. The molecule has 0 N–H and O–H groups in total. The Morgan fingerprint density at radius 3 is 2.50 bits per heavy atom. The van der Waals surface area contributed by atoms with Gasteiger partial charge in [0.05, 0.1) is 0 Å². The molecule has 0 fully saturated rings. The maximum absolute atomic E-state index is 2.45. The minimum Gasteiger partial charge on any atom is -0.0710 e. The first kappa shape index (κ1) is 6.45. The van der Waals surface area contributed by atoms with Crippen LogP contribution in [-0.4, -0.2) is 0 Å². The molecule has 0 aromatic heterocycles. The molecular formula is C10H15. The quantitative estimate of drug-likeness (QED) is 0.447. The maximum Gasteiger partial charge on any atom is -0.0286 e. The average Bonchev–Trinajstić information content (AvgIpc) is 2.05. The van der Waals surface area contributed by atoms with E-state index in [0.29, 0.717) is 0 Å². The van der Waals surface area contributed by atoms with Gasteiger partial charge in [0, 0.05) is 0 Å². The molecule has 0 unspecified atom stereocenters. The van der Waals surface area contributed by atoms with Crippen molar-refractivity contribution in [1.82, 2.24) is 0 Å². The topological polar surface area (TPSA) is 0 Å². The Morgan fingerprint density at radius 2 is 1.70 bits per heavy atom. The van der Waals surface area contributed by atoms with E-state index < -0.39 is 0 Å². The van der Waals surface area contributed by atoms with Crippen LogP contribution in [0.1, 0.15) is 44.9 Å². The lowest BCUT2D eigenvalue weighted by molar-refractivity contribution is 0.606. The zero-order valence-electron chi connectivity index (χ0n) is 6.53. The largest absolute Gasteiger partial charge is 0.0710 e. The van der Waals surface area contributed by atoms with E-state index in [9.17, 15) is 0 Å². The van der Waals surface area contributed by atoms with E-state index in [4.69, 9.17) is 0 Å². The second-order valence-corrected chi connectivity index (χ2v) is 3.45. The molecule has 1 radical (unpaired) electrons. The van der Waals surface area contributed by atoms with Gasteiger partial charge in [-0.1, -0.05) is 11.1 Å². The first-order valence-electron chi connectivity index (χ1n) is 4.48. The predicted molar refractivity (Wildman–Crippen MR) is 43.6 cm³/mol. The Bertz CT molecular complexity index is 119.